The van der Waals surface area contributed by atoms with Crippen molar-refractivity contribution in [2.24, 2.45) is 0 Å². The Balaban J connectivity index is 3.45. The van der Waals surface area contributed by atoms with Gasteiger partial charge in [-0.15, -0.1) is 0 Å². The summed E-state index contributed by atoms with van der Waals surface area (Å²) in [6.45, 7) is 4.68. The van der Waals surface area contributed by atoms with Gasteiger partial charge in [0.25, 0.3) is 5.69 Å². The third kappa shape index (κ3) is 3.33. The molecular weight excluding hydrogens is 284 g/mol. The minimum Gasteiger partial charge on any atom is -0.392 e. The number of rotatable bonds is 5. The van der Waals surface area contributed by atoms with E-state index in [0.29, 0.717) is 11.1 Å². The Morgan fingerprint density at radius 3 is 2.30 bits per heavy atom. The second-order valence-electron chi connectivity index (χ2n) is 4.80. The number of sulfonamides is 1. The second-order valence-corrected chi connectivity index (χ2v) is 6.81. The van der Waals surface area contributed by atoms with E-state index in [0.717, 1.165) is 4.31 Å². The summed E-state index contributed by atoms with van der Waals surface area (Å²) in [5, 5.41) is 20.3. The van der Waals surface area contributed by atoms with Crippen LogP contribution in [0.15, 0.2) is 17.0 Å². The smallest absolute Gasteiger partial charge is 0.289 e. The molecule has 1 atom stereocenters. The first kappa shape index (κ1) is 16.5. The van der Waals surface area contributed by atoms with Crippen molar-refractivity contribution < 1.29 is 18.4 Å². The Labute approximate surface area is 118 Å². The van der Waals surface area contributed by atoms with E-state index in [9.17, 15) is 23.6 Å². The van der Waals surface area contributed by atoms with Crippen molar-refractivity contribution in [3.8, 4) is 0 Å². The van der Waals surface area contributed by atoms with Gasteiger partial charge in [0.2, 0.25) is 10.0 Å². The van der Waals surface area contributed by atoms with E-state index in [1.54, 1.807) is 13.8 Å². The molecular formula is C12H18N2O5S. The normalized spacial score (nSPS) is 13.5. The van der Waals surface area contributed by atoms with E-state index in [2.05, 4.69) is 0 Å². The number of likely N-dealkylation sites (N-methyl/N-ethyl adjacent to an activating group) is 1. The quantitative estimate of drug-likeness (QED) is 0.651. The number of aliphatic hydroxyl groups excluding tert-OH is 1. The van der Waals surface area contributed by atoms with Gasteiger partial charge in [0.15, 0.2) is 4.90 Å². The van der Waals surface area contributed by atoms with E-state index in [-0.39, 0.29) is 11.4 Å². The molecule has 20 heavy (non-hydrogen) atoms. The molecule has 112 valence electrons. The summed E-state index contributed by atoms with van der Waals surface area (Å²) >= 11 is 0. The number of aryl methyl sites for hydroxylation is 2. The lowest BCUT2D eigenvalue weighted by Crippen LogP contribution is -2.33. The van der Waals surface area contributed by atoms with Gasteiger partial charge < -0.3 is 5.11 Å². The van der Waals surface area contributed by atoms with Crippen LogP contribution < -0.4 is 0 Å². The maximum atomic E-state index is 12.4. The Hall–Kier alpha value is -1.51. The third-order valence-corrected chi connectivity index (χ3v) is 4.83. The van der Waals surface area contributed by atoms with E-state index in [1.807, 2.05) is 0 Å². The molecule has 0 aliphatic carbocycles. The zero-order chi connectivity index (χ0) is 15.7. The average molecular weight is 302 g/mol. The minimum absolute atomic E-state index is 0.133. The SMILES string of the molecule is Cc1cc([N+](=O)[O-])c(S(=O)(=O)N(C)CC(C)O)cc1C. The van der Waals surface area contributed by atoms with Crippen LogP contribution in [0, 0.1) is 24.0 Å². The average Bonchev–Trinajstić information content (AvgIpc) is 2.30. The van der Waals surface area contributed by atoms with Crippen molar-refractivity contribution in [2.75, 3.05) is 13.6 Å². The van der Waals surface area contributed by atoms with Crippen molar-refractivity contribution in [1.82, 2.24) is 4.31 Å². The molecule has 0 fully saturated rings. The summed E-state index contributed by atoms with van der Waals surface area (Å²) in [5.41, 5.74) is 0.846. The van der Waals surface area contributed by atoms with Crippen molar-refractivity contribution in [3.63, 3.8) is 0 Å². The van der Waals surface area contributed by atoms with Crippen LogP contribution >= 0.6 is 0 Å². The summed E-state index contributed by atoms with van der Waals surface area (Å²) in [7, 11) is -2.74. The number of aliphatic hydroxyl groups is 1. The van der Waals surface area contributed by atoms with Gasteiger partial charge in [-0.05, 0) is 38.0 Å². The summed E-state index contributed by atoms with van der Waals surface area (Å²) < 4.78 is 25.6. The van der Waals surface area contributed by atoms with Crippen molar-refractivity contribution in [3.05, 3.63) is 33.4 Å². The van der Waals surface area contributed by atoms with E-state index < -0.39 is 26.7 Å². The molecule has 0 saturated heterocycles. The molecule has 0 bridgehead atoms. The third-order valence-electron chi connectivity index (χ3n) is 2.98. The predicted octanol–water partition coefficient (Wildman–Crippen LogP) is 1.21. The molecule has 7 nitrogen and oxygen atoms in total. The highest BCUT2D eigenvalue weighted by atomic mass is 32.2. The molecule has 1 N–H and O–H groups in total. The first-order valence-electron chi connectivity index (χ1n) is 5.97. The summed E-state index contributed by atoms with van der Waals surface area (Å²) in [5.74, 6) is 0. The summed E-state index contributed by atoms with van der Waals surface area (Å²) in [4.78, 5) is 9.98. The molecule has 0 aliphatic heterocycles. The Bertz CT molecular complexity index is 625. The highest BCUT2D eigenvalue weighted by Crippen LogP contribution is 2.29. The fraction of sp³-hybridized carbons (Fsp3) is 0.500. The highest BCUT2D eigenvalue weighted by Gasteiger charge is 2.30. The van der Waals surface area contributed by atoms with E-state index in [4.69, 9.17) is 0 Å². The molecule has 0 aliphatic rings. The van der Waals surface area contributed by atoms with Gasteiger partial charge in [-0.3, -0.25) is 10.1 Å². The lowest BCUT2D eigenvalue weighted by atomic mass is 10.1. The van der Waals surface area contributed by atoms with Crippen LogP contribution in [0.1, 0.15) is 18.1 Å². The molecule has 0 aromatic heterocycles. The van der Waals surface area contributed by atoms with Crippen LogP contribution in [0.3, 0.4) is 0 Å². The number of nitro groups is 1. The number of hydrogen-bond donors (Lipinski definition) is 1. The molecule has 0 heterocycles. The minimum atomic E-state index is -4.02. The van der Waals surface area contributed by atoms with Crippen LogP contribution in [-0.4, -0.2) is 42.4 Å². The molecule has 1 unspecified atom stereocenters. The largest absolute Gasteiger partial charge is 0.392 e. The van der Waals surface area contributed by atoms with Crippen molar-refractivity contribution >= 4 is 15.7 Å². The Morgan fingerprint density at radius 1 is 1.35 bits per heavy atom. The predicted molar refractivity (Wildman–Crippen MR) is 74.1 cm³/mol. The molecule has 0 radical (unpaired) electrons. The van der Waals surface area contributed by atoms with Crippen LogP contribution in [0.2, 0.25) is 0 Å². The van der Waals surface area contributed by atoms with Crippen LogP contribution in [0.5, 0.6) is 0 Å². The molecule has 8 heteroatoms. The van der Waals surface area contributed by atoms with Gasteiger partial charge in [0.05, 0.1) is 11.0 Å². The van der Waals surface area contributed by atoms with E-state index in [1.165, 1.54) is 26.1 Å². The first-order valence-corrected chi connectivity index (χ1v) is 7.41. The van der Waals surface area contributed by atoms with Crippen LogP contribution in [0.25, 0.3) is 0 Å². The lowest BCUT2D eigenvalue weighted by Gasteiger charge is -2.19. The fourth-order valence-corrected chi connectivity index (χ4v) is 3.23. The van der Waals surface area contributed by atoms with Crippen molar-refractivity contribution in [1.29, 1.82) is 0 Å². The van der Waals surface area contributed by atoms with Gasteiger partial charge in [0, 0.05) is 19.7 Å². The van der Waals surface area contributed by atoms with Gasteiger partial charge >= 0.3 is 0 Å². The standard InChI is InChI=1S/C12H18N2O5S/c1-8-5-11(14(16)17)12(6-9(8)2)20(18,19)13(4)7-10(3)15/h5-6,10,15H,7H2,1-4H3. The van der Waals surface area contributed by atoms with Gasteiger partial charge in [-0.1, -0.05) is 0 Å². The molecule has 1 rings (SSSR count). The number of nitro benzene ring substituents is 1. The molecule has 0 saturated carbocycles. The maximum Gasteiger partial charge on any atom is 0.289 e. The fourth-order valence-electron chi connectivity index (χ4n) is 1.76. The molecule has 1 aromatic rings. The number of benzene rings is 1. The van der Waals surface area contributed by atoms with Crippen molar-refractivity contribution in [2.45, 2.75) is 31.8 Å². The Morgan fingerprint density at radius 2 is 1.85 bits per heavy atom. The molecule has 0 amide bonds. The lowest BCUT2D eigenvalue weighted by molar-refractivity contribution is -0.387. The first-order chi connectivity index (χ1) is 9.07. The van der Waals surface area contributed by atoms with Crippen LogP contribution in [0.4, 0.5) is 5.69 Å². The molecule has 0 spiro atoms. The zero-order valence-electron chi connectivity index (χ0n) is 11.8. The number of hydrogen-bond acceptors (Lipinski definition) is 5. The monoisotopic (exact) mass is 302 g/mol. The zero-order valence-corrected chi connectivity index (χ0v) is 12.6. The highest BCUT2D eigenvalue weighted by molar-refractivity contribution is 7.89. The van der Waals surface area contributed by atoms with Crippen LogP contribution in [-0.2, 0) is 10.0 Å². The molecule has 1 aromatic carbocycles. The summed E-state index contributed by atoms with van der Waals surface area (Å²) in [6, 6.07) is 2.54. The van der Waals surface area contributed by atoms with Gasteiger partial charge in [-0.25, -0.2) is 8.42 Å². The number of nitrogens with zero attached hydrogens (tertiary/aromatic N) is 2. The van der Waals surface area contributed by atoms with Gasteiger partial charge in [0.1, 0.15) is 0 Å². The van der Waals surface area contributed by atoms with E-state index >= 15 is 0 Å². The topological polar surface area (TPSA) is 101 Å². The van der Waals surface area contributed by atoms with Gasteiger partial charge in [-0.2, -0.15) is 4.31 Å². The Kier molecular flexibility index (Phi) is 4.85. The summed E-state index contributed by atoms with van der Waals surface area (Å²) in [6.07, 6.45) is -0.861. The maximum absolute atomic E-state index is 12.4. The second kappa shape index (κ2) is 5.86.